The molecule has 2 aliphatic rings. The number of ether oxygens (including phenoxy) is 1. The molecule has 1 aromatic carbocycles. The lowest BCUT2D eigenvalue weighted by Gasteiger charge is -2.33. The third-order valence-electron chi connectivity index (χ3n) is 6.34. The van der Waals surface area contributed by atoms with Crippen LogP contribution >= 0.6 is 0 Å². The number of ketones is 1. The van der Waals surface area contributed by atoms with Crippen LogP contribution in [-0.4, -0.2) is 54.0 Å². The van der Waals surface area contributed by atoms with Gasteiger partial charge >= 0.3 is 0 Å². The predicted molar refractivity (Wildman–Crippen MR) is 120 cm³/mol. The summed E-state index contributed by atoms with van der Waals surface area (Å²) in [5, 5.41) is 0. The number of aromatic nitrogens is 2. The van der Waals surface area contributed by atoms with E-state index in [0.29, 0.717) is 25.9 Å². The fraction of sp³-hybridized carbons (Fsp3) is 0.542. The van der Waals surface area contributed by atoms with Gasteiger partial charge in [-0.1, -0.05) is 19.1 Å². The molecule has 6 nitrogen and oxygen atoms in total. The Morgan fingerprint density at radius 1 is 1.12 bits per heavy atom. The van der Waals surface area contributed by atoms with Crippen LogP contribution in [0.15, 0.2) is 30.6 Å². The molecule has 0 saturated carbocycles. The highest BCUT2D eigenvalue weighted by Gasteiger charge is 2.36. The zero-order valence-electron chi connectivity index (χ0n) is 18.9. The van der Waals surface area contributed by atoms with E-state index in [1.165, 1.54) is 6.33 Å². The molecule has 0 N–H and O–H groups in total. The van der Waals surface area contributed by atoms with E-state index in [4.69, 9.17) is 4.74 Å². The first-order chi connectivity index (χ1) is 15.7. The number of hydrogen-bond donors (Lipinski definition) is 0. The summed E-state index contributed by atoms with van der Waals surface area (Å²) >= 11 is 0. The van der Waals surface area contributed by atoms with Crippen molar-refractivity contribution in [2.75, 3.05) is 36.0 Å². The maximum atomic E-state index is 15.2. The van der Waals surface area contributed by atoms with E-state index in [1.807, 2.05) is 36.1 Å². The lowest BCUT2D eigenvalue weighted by Crippen LogP contribution is -2.40. The standard InChI is InChI=1S/C24H29F3N4O2/c1-16(13-17(2)32)18-3-5-19(6-4-18)33-20-7-10-31(14-20)23-21(25)22(28-15-29-23)30-11-8-24(26,27)9-12-30/h3-6,15-16,20H,7-14H2,1-2H3/t16-,20-/m1/s1. The van der Waals surface area contributed by atoms with Crippen molar-refractivity contribution in [1.29, 1.82) is 0 Å². The number of rotatable bonds is 7. The van der Waals surface area contributed by atoms with Crippen molar-refractivity contribution in [3.8, 4) is 5.75 Å². The molecule has 1 aromatic heterocycles. The molecule has 0 unspecified atom stereocenters. The van der Waals surface area contributed by atoms with Gasteiger partial charge in [0.15, 0.2) is 11.6 Å². The van der Waals surface area contributed by atoms with Crippen LogP contribution in [0.25, 0.3) is 0 Å². The van der Waals surface area contributed by atoms with E-state index >= 15 is 4.39 Å². The Morgan fingerprint density at radius 3 is 2.39 bits per heavy atom. The van der Waals surface area contributed by atoms with E-state index in [9.17, 15) is 13.6 Å². The third-order valence-corrected chi connectivity index (χ3v) is 6.34. The first kappa shape index (κ1) is 23.3. The number of hydrogen-bond acceptors (Lipinski definition) is 6. The Bertz CT molecular complexity index is 976. The second-order valence-corrected chi connectivity index (χ2v) is 9.03. The number of alkyl halides is 2. The Hall–Kier alpha value is -2.84. The van der Waals surface area contributed by atoms with Crippen molar-refractivity contribution >= 4 is 17.4 Å². The Kier molecular flexibility index (Phi) is 6.76. The van der Waals surface area contributed by atoms with E-state index in [1.54, 1.807) is 11.8 Å². The minimum Gasteiger partial charge on any atom is -0.489 e. The molecule has 2 aromatic rings. The van der Waals surface area contributed by atoms with E-state index in [-0.39, 0.29) is 55.4 Å². The van der Waals surface area contributed by atoms with Gasteiger partial charge in [-0.25, -0.2) is 18.7 Å². The highest BCUT2D eigenvalue weighted by molar-refractivity contribution is 5.76. The van der Waals surface area contributed by atoms with Gasteiger partial charge in [-0.3, -0.25) is 0 Å². The van der Waals surface area contributed by atoms with Crippen LogP contribution in [0, 0.1) is 5.82 Å². The molecule has 0 bridgehead atoms. The van der Waals surface area contributed by atoms with Gasteiger partial charge in [-0.2, -0.15) is 4.39 Å². The summed E-state index contributed by atoms with van der Waals surface area (Å²) in [7, 11) is 0. The zero-order valence-corrected chi connectivity index (χ0v) is 18.9. The molecular weight excluding hydrogens is 433 g/mol. The molecule has 33 heavy (non-hydrogen) atoms. The van der Waals surface area contributed by atoms with Crippen molar-refractivity contribution < 1.29 is 22.7 Å². The van der Waals surface area contributed by atoms with Gasteiger partial charge in [0.1, 0.15) is 24.0 Å². The van der Waals surface area contributed by atoms with Crippen LogP contribution in [0.4, 0.5) is 24.8 Å². The lowest BCUT2D eigenvalue weighted by molar-refractivity contribution is -0.117. The van der Waals surface area contributed by atoms with Crippen molar-refractivity contribution in [3.63, 3.8) is 0 Å². The van der Waals surface area contributed by atoms with Crippen molar-refractivity contribution in [3.05, 3.63) is 42.0 Å². The summed E-state index contributed by atoms with van der Waals surface area (Å²) in [6.45, 7) is 4.78. The van der Waals surface area contributed by atoms with Gasteiger partial charge < -0.3 is 19.3 Å². The zero-order chi connectivity index (χ0) is 23.6. The van der Waals surface area contributed by atoms with Gasteiger partial charge in [-0.05, 0) is 30.5 Å². The molecular formula is C24H29F3N4O2. The molecule has 0 aliphatic carbocycles. The molecule has 2 aliphatic heterocycles. The summed E-state index contributed by atoms with van der Waals surface area (Å²) in [6, 6.07) is 7.72. The molecule has 178 valence electrons. The molecule has 2 fully saturated rings. The lowest BCUT2D eigenvalue weighted by atomic mass is 9.96. The number of piperidine rings is 1. The van der Waals surface area contributed by atoms with Gasteiger partial charge in [0.25, 0.3) is 5.92 Å². The summed E-state index contributed by atoms with van der Waals surface area (Å²) < 4.78 is 48.2. The number of benzene rings is 1. The maximum absolute atomic E-state index is 15.2. The molecule has 4 rings (SSSR count). The van der Waals surface area contributed by atoms with Crippen LogP contribution < -0.4 is 14.5 Å². The summed E-state index contributed by atoms with van der Waals surface area (Å²) in [5.41, 5.74) is 1.08. The number of carbonyl (C=O) groups excluding carboxylic acids is 1. The van der Waals surface area contributed by atoms with E-state index in [2.05, 4.69) is 9.97 Å². The fourth-order valence-electron chi connectivity index (χ4n) is 4.47. The second kappa shape index (κ2) is 9.57. The Balaban J connectivity index is 1.38. The first-order valence-corrected chi connectivity index (χ1v) is 11.4. The van der Waals surface area contributed by atoms with Gasteiger partial charge in [0, 0.05) is 45.3 Å². The number of Topliss-reactive ketones (excluding diaryl/α,β-unsaturated/α-hetero) is 1. The van der Waals surface area contributed by atoms with Crippen LogP contribution in [0.1, 0.15) is 51.0 Å². The summed E-state index contributed by atoms with van der Waals surface area (Å²) in [6.07, 6.45) is 1.75. The number of anilines is 2. The number of nitrogens with zero attached hydrogens (tertiary/aromatic N) is 4. The third kappa shape index (κ3) is 5.57. The quantitative estimate of drug-likeness (QED) is 0.600. The molecule has 0 radical (unpaired) electrons. The van der Waals surface area contributed by atoms with E-state index in [0.717, 1.165) is 11.3 Å². The SMILES string of the molecule is CC(=O)C[C@@H](C)c1ccc(O[C@@H]2CCN(c3ncnc(N4CCC(F)(F)CC4)c3F)C2)cc1. The number of carbonyl (C=O) groups is 1. The van der Waals surface area contributed by atoms with Gasteiger partial charge in [-0.15, -0.1) is 0 Å². The molecule has 2 atom stereocenters. The smallest absolute Gasteiger partial charge is 0.251 e. The molecule has 9 heteroatoms. The molecule has 0 spiro atoms. The minimum absolute atomic E-state index is 0.0626. The largest absolute Gasteiger partial charge is 0.489 e. The van der Waals surface area contributed by atoms with Crippen LogP contribution in [0.5, 0.6) is 5.75 Å². The molecule has 2 saturated heterocycles. The molecule has 3 heterocycles. The second-order valence-electron chi connectivity index (χ2n) is 9.03. The van der Waals surface area contributed by atoms with Crippen LogP contribution in [0.2, 0.25) is 0 Å². The fourth-order valence-corrected chi connectivity index (χ4v) is 4.47. The van der Waals surface area contributed by atoms with Crippen molar-refractivity contribution in [1.82, 2.24) is 9.97 Å². The minimum atomic E-state index is -2.70. The summed E-state index contributed by atoms with van der Waals surface area (Å²) in [4.78, 5) is 22.9. The average molecular weight is 463 g/mol. The molecule has 0 amide bonds. The van der Waals surface area contributed by atoms with Crippen molar-refractivity contribution in [2.45, 2.75) is 57.5 Å². The van der Waals surface area contributed by atoms with Gasteiger partial charge in [0.2, 0.25) is 5.82 Å². The van der Waals surface area contributed by atoms with Crippen LogP contribution in [0.3, 0.4) is 0 Å². The van der Waals surface area contributed by atoms with E-state index < -0.39 is 11.7 Å². The Labute approximate surface area is 191 Å². The predicted octanol–water partition coefficient (Wildman–Crippen LogP) is 4.59. The number of halogens is 3. The first-order valence-electron chi connectivity index (χ1n) is 11.4. The highest BCUT2D eigenvalue weighted by Crippen LogP contribution is 2.33. The normalized spacial score (nSPS) is 21.2. The highest BCUT2D eigenvalue weighted by atomic mass is 19.3. The monoisotopic (exact) mass is 462 g/mol. The van der Waals surface area contributed by atoms with Crippen molar-refractivity contribution in [2.24, 2.45) is 0 Å². The maximum Gasteiger partial charge on any atom is 0.251 e. The summed E-state index contributed by atoms with van der Waals surface area (Å²) in [5.74, 6) is -1.99. The van der Waals surface area contributed by atoms with Gasteiger partial charge in [0.05, 0.1) is 6.54 Å². The average Bonchev–Trinajstić information content (AvgIpc) is 3.22. The van der Waals surface area contributed by atoms with Crippen LogP contribution in [-0.2, 0) is 4.79 Å². The Morgan fingerprint density at radius 2 is 1.76 bits per heavy atom. The topological polar surface area (TPSA) is 58.6 Å².